The molecular weight excluding hydrogens is 221 g/mol. The highest BCUT2D eigenvalue weighted by atomic mass is 19.1. The molecule has 4 nitrogen and oxygen atoms in total. The van der Waals surface area contributed by atoms with Crippen LogP contribution in [0.4, 0.5) is 4.39 Å². The van der Waals surface area contributed by atoms with Crippen LogP contribution in [0, 0.1) is 5.82 Å². The molecule has 1 aromatic heterocycles. The van der Waals surface area contributed by atoms with E-state index in [0.717, 1.165) is 18.7 Å². The third-order valence-corrected chi connectivity index (χ3v) is 3.06. The number of morpholine rings is 1. The summed E-state index contributed by atoms with van der Waals surface area (Å²) in [5.41, 5.74) is 0.827. The minimum absolute atomic E-state index is 0.0269. The summed E-state index contributed by atoms with van der Waals surface area (Å²) in [5, 5.41) is 3.18. The third kappa shape index (κ3) is 3.00. The van der Waals surface area contributed by atoms with Gasteiger partial charge < -0.3 is 15.0 Å². The molecule has 1 aliphatic heterocycles. The molecule has 17 heavy (non-hydrogen) atoms. The molecule has 1 N–H and O–H groups in total. The number of halogens is 1. The molecule has 2 rings (SSSR count). The van der Waals surface area contributed by atoms with Crippen molar-refractivity contribution < 1.29 is 9.13 Å². The summed E-state index contributed by atoms with van der Waals surface area (Å²) in [6.07, 6.45) is 2.93. The monoisotopic (exact) mass is 239 g/mol. The highest BCUT2D eigenvalue weighted by molar-refractivity contribution is 5.17. The smallest absolute Gasteiger partial charge is 0.141 e. The van der Waals surface area contributed by atoms with Crippen molar-refractivity contribution in [2.45, 2.75) is 12.1 Å². The second kappa shape index (κ2) is 5.53. The van der Waals surface area contributed by atoms with Crippen LogP contribution in [0.25, 0.3) is 0 Å². The summed E-state index contributed by atoms with van der Waals surface area (Å²) in [6.45, 7) is 2.48. The molecule has 1 aromatic rings. The molecule has 5 heteroatoms. The maximum absolute atomic E-state index is 13.2. The molecule has 1 saturated heterocycles. The van der Waals surface area contributed by atoms with Gasteiger partial charge in [-0.1, -0.05) is 0 Å². The number of hydrogen-bond acceptors (Lipinski definition) is 4. The molecule has 2 atom stereocenters. The van der Waals surface area contributed by atoms with Gasteiger partial charge in [0, 0.05) is 19.3 Å². The largest absolute Gasteiger partial charge is 0.374 e. The lowest BCUT2D eigenvalue weighted by atomic mass is 10.0. The Labute approximate surface area is 101 Å². The summed E-state index contributed by atoms with van der Waals surface area (Å²) in [4.78, 5) is 6.10. The lowest BCUT2D eigenvalue weighted by molar-refractivity contribution is -0.0381. The normalized spacial score (nSPS) is 23.6. The van der Waals surface area contributed by atoms with Crippen LogP contribution in [0.5, 0.6) is 0 Å². The number of likely N-dealkylation sites (N-methyl/N-ethyl adjacent to an activating group) is 2. The summed E-state index contributed by atoms with van der Waals surface area (Å²) < 4.78 is 18.9. The Morgan fingerprint density at radius 1 is 1.59 bits per heavy atom. The first-order valence-electron chi connectivity index (χ1n) is 5.78. The van der Waals surface area contributed by atoms with Gasteiger partial charge in [0.1, 0.15) is 5.82 Å². The van der Waals surface area contributed by atoms with Crippen LogP contribution in [-0.4, -0.2) is 49.8 Å². The number of rotatable bonds is 3. The van der Waals surface area contributed by atoms with Gasteiger partial charge in [-0.25, -0.2) is 4.39 Å². The van der Waals surface area contributed by atoms with Crippen LogP contribution in [0.2, 0.25) is 0 Å². The van der Waals surface area contributed by atoms with Crippen LogP contribution >= 0.6 is 0 Å². The molecular formula is C12H18FN3O. The minimum atomic E-state index is -0.313. The molecule has 0 amide bonds. The first-order chi connectivity index (χ1) is 8.20. The SMILES string of the molecule is CNC(c1cncc(F)c1)C1CN(C)CCO1. The van der Waals surface area contributed by atoms with E-state index >= 15 is 0 Å². The topological polar surface area (TPSA) is 37.4 Å². The van der Waals surface area contributed by atoms with Gasteiger partial charge in [-0.2, -0.15) is 0 Å². The molecule has 0 saturated carbocycles. The number of aromatic nitrogens is 1. The van der Waals surface area contributed by atoms with Crippen molar-refractivity contribution in [2.24, 2.45) is 0 Å². The molecule has 0 radical (unpaired) electrons. The van der Waals surface area contributed by atoms with Gasteiger partial charge in [0.25, 0.3) is 0 Å². The Bertz CT molecular complexity index is 375. The van der Waals surface area contributed by atoms with E-state index in [-0.39, 0.29) is 18.0 Å². The van der Waals surface area contributed by atoms with E-state index in [1.165, 1.54) is 12.3 Å². The van der Waals surface area contributed by atoms with Gasteiger partial charge in [0.05, 0.1) is 24.9 Å². The number of pyridine rings is 1. The van der Waals surface area contributed by atoms with Gasteiger partial charge in [-0.05, 0) is 25.7 Å². The average molecular weight is 239 g/mol. The molecule has 2 unspecified atom stereocenters. The summed E-state index contributed by atoms with van der Waals surface area (Å²) in [5.74, 6) is -0.313. The Morgan fingerprint density at radius 3 is 3.06 bits per heavy atom. The average Bonchev–Trinajstić information content (AvgIpc) is 2.30. The van der Waals surface area contributed by atoms with Crippen molar-refractivity contribution in [1.29, 1.82) is 0 Å². The fourth-order valence-corrected chi connectivity index (χ4v) is 2.18. The van der Waals surface area contributed by atoms with Crippen LogP contribution < -0.4 is 5.32 Å². The number of ether oxygens (including phenoxy) is 1. The van der Waals surface area contributed by atoms with E-state index in [9.17, 15) is 4.39 Å². The van der Waals surface area contributed by atoms with Crippen LogP contribution in [-0.2, 0) is 4.74 Å². The van der Waals surface area contributed by atoms with Crippen molar-refractivity contribution in [3.8, 4) is 0 Å². The van der Waals surface area contributed by atoms with Crippen molar-refractivity contribution in [1.82, 2.24) is 15.2 Å². The van der Waals surface area contributed by atoms with Crippen molar-refractivity contribution in [2.75, 3.05) is 33.8 Å². The van der Waals surface area contributed by atoms with Crippen LogP contribution in [0.1, 0.15) is 11.6 Å². The maximum atomic E-state index is 13.2. The quantitative estimate of drug-likeness (QED) is 0.847. The van der Waals surface area contributed by atoms with Crippen molar-refractivity contribution in [3.05, 3.63) is 29.8 Å². The van der Waals surface area contributed by atoms with Crippen molar-refractivity contribution >= 4 is 0 Å². The highest BCUT2D eigenvalue weighted by Gasteiger charge is 2.27. The van der Waals surface area contributed by atoms with Gasteiger partial charge in [0.2, 0.25) is 0 Å². The van der Waals surface area contributed by atoms with E-state index in [1.54, 1.807) is 6.20 Å². The third-order valence-electron chi connectivity index (χ3n) is 3.06. The Balaban J connectivity index is 2.15. The molecule has 1 fully saturated rings. The number of nitrogens with zero attached hydrogens (tertiary/aromatic N) is 2. The lowest BCUT2D eigenvalue weighted by Gasteiger charge is -2.35. The Kier molecular flexibility index (Phi) is 4.04. The van der Waals surface area contributed by atoms with Gasteiger partial charge in [0.15, 0.2) is 0 Å². The second-order valence-electron chi connectivity index (χ2n) is 4.37. The summed E-state index contributed by atoms with van der Waals surface area (Å²) in [7, 11) is 3.92. The van der Waals surface area contributed by atoms with Gasteiger partial charge in [-0.15, -0.1) is 0 Å². The predicted molar refractivity (Wildman–Crippen MR) is 63.2 cm³/mol. The first kappa shape index (κ1) is 12.4. The zero-order valence-electron chi connectivity index (χ0n) is 10.2. The predicted octanol–water partition coefficient (Wildman–Crippen LogP) is 0.812. The Hall–Kier alpha value is -1.04. The molecule has 0 bridgehead atoms. The second-order valence-corrected chi connectivity index (χ2v) is 4.37. The van der Waals surface area contributed by atoms with Gasteiger partial charge in [-0.3, -0.25) is 4.98 Å². The van der Waals surface area contributed by atoms with E-state index in [2.05, 4.69) is 22.2 Å². The van der Waals surface area contributed by atoms with Crippen LogP contribution in [0.15, 0.2) is 18.5 Å². The number of hydrogen-bond donors (Lipinski definition) is 1. The molecule has 94 valence electrons. The van der Waals surface area contributed by atoms with Gasteiger partial charge >= 0.3 is 0 Å². The molecule has 1 aliphatic rings. The fourth-order valence-electron chi connectivity index (χ4n) is 2.18. The first-order valence-corrected chi connectivity index (χ1v) is 5.78. The number of nitrogens with one attached hydrogen (secondary N) is 1. The fraction of sp³-hybridized carbons (Fsp3) is 0.583. The minimum Gasteiger partial charge on any atom is -0.374 e. The lowest BCUT2D eigenvalue weighted by Crippen LogP contribution is -2.46. The molecule has 0 aliphatic carbocycles. The molecule has 0 spiro atoms. The van der Waals surface area contributed by atoms with E-state index < -0.39 is 0 Å². The summed E-state index contributed by atoms with van der Waals surface area (Å²) in [6, 6.07) is 1.48. The van der Waals surface area contributed by atoms with Crippen molar-refractivity contribution in [3.63, 3.8) is 0 Å². The zero-order valence-corrected chi connectivity index (χ0v) is 10.2. The van der Waals surface area contributed by atoms with E-state index in [0.29, 0.717) is 6.61 Å². The maximum Gasteiger partial charge on any atom is 0.141 e. The van der Waals surface area contributed by atoms with E-state index in [1.807, 2.05) is 7.05 Å². The molecule has 2 heterocycles. The highest BCUT2D eigenvalue weighted by Crippen LogP contribution is 2.21. The zero-order chi connectivity index (χ0) is 12.3. The summed E-state index contributed by atoms with van der Waals surface area (Å²) >= 11 is 0. The van der Waals surface area contributed by atoms with E-state index in [4.69, 9.17) is 4.74 Å². The van der Waals surface area contributed by atoms with Crippen LogP contribution in [0.3, 0.4) is 0 Å². The Morgan fingerprint density at radius 2 is 2.41 bits per heavy atom. The molecule has 0 aromatic carbocycles. The standard InChI is InChI=1S/C12H18FN3O/c1-14-12(9-5-10(13)7-15-6-9)11-8-16(2)3-4-17-11/h5-7,11-12,14H,3-4,8H2,1-2H3.